The molecule has 0 aromatic carbocycles. The Balaban J connectivity index is 0.00000256. The summed E-state index contributed by atoms with van der Waals surface area (Å²) < 4.78 is 0. The summed E-state index contributed by atoms with van der Waals surface area (Å²) in [5.74, 6) is 1.38. The predicted octanol–water partition coefficient (Wildman–Crippen LogP) is -4.01. The average Bonchev–Trinajstić information content (AvgIpc) is 2.39. The first kappa shape index (κ1) is 16.3. The first-order valence-electron chi connectivity index (χ1n) is 5.08. The molecule has 1 aliphatic heterocycles. The van der Waals surface area contributed by atoms with Gasteiger partial charge in [0.2, 0.25) is 11.4 Å². The van der Waals surface area contributed by atoms with Crippen LogP contribution in [-0.2, 0) is 9.59 Å². The van der Waals surface area contributed by atoms with E-state index in [4.69, 9.17) is 0 Å². The van der Waals surface area contributed by atoms with E-state index in [0.717, 1.165) is 10.7 Å². The van der Waals surface area contributed by atoms with Gasteiger partial charge in [-0.2, -0.15) is 0 Å². The zero-order valence-corrected chi connectivity index (χ0v) is 12.0. The SMILES string of the molecule is CC(=O)CSC1N(C)C(NC(C)=O)=C[NH+]1C.[Cl-]. The van der Waals surface area contributed by atoms with Crippen LogP contribution in [0.2, 0.25) is 0 Å². The number of halogens is 1. The second-order valence-electron chi connectivity index (χ2n) is 3.93. The van der Waals surface area contributed by atoms with Crippen molar-refractivity contribution in [3.8, 4) is 0 Å². The van der Waals surface area contributed by atoms with Crippen molar-refractivity contribution in [2.24, 2.45) is 0 Å². The summed E-state index contributed by atoms with van der Waals surface area (Å²) in [6.45, 7) is 3.07. The summed E-state index contributed by atoms with van der Waals surface area (Å²) in [5.41, 5.74) is 0.144. The van der Waals surface area contributed by atoms with Crippen LogP contribution >= 0.6 is 11.8 Å². The number of quaternary nitrogens is 1. The molecular weight excluding hydrogens is 262 g/mol. The molecule has 0 aromatic rings. The quantitative estimate of drug-likeness (QED) is 0.551. The third-order valence-electron chi connectivity index (χ3n) is 2.23. The molecule has 5 nitrogen and oxygen atoms in total. The molecule has 0 spiro atoms. The number of hydrogen-bond acceptors (Lipinski definition) is 4. The van der Waals surface area contributed by atoms with Crippen molar-refractivity contribution in [1.29, 1.82) is 0 Å². The molecule has 0 aliphatic carbocycles. The molecule has 2 atom stereocenters. The topological polar surface area (TPSA) is 53.9 Å². The molecule has 0 saturated carbocycles. The lowest BCUT2D eigenvalue weighted by molar-refractivity contribution is -0.838. The van der Waals surface area contributed by atoms with Crippen LogP contribution in [0.25, 0.3) is 0 Å². The fourth-order valence-electron chi connectivity index (χ4n) is 1.56. The molecule has 1 heterocycles. The van der Waals surface area contributed by atoms with Gasteiger partial charge in [-0.15, -0.1) is 0 Å². The number of nitrogens with zero attached hydrogens (tertiary/aromatic N) is 1. The van der Waals surface area contributed by atoms with Gasteiger partial charge in [-0.3, -0.25) is 19.4 Å². The van der Waals surface area contributed by atoms with Crippen molar-refractivity contribution in [1.82, 2.24) is 10.2 Å². The minimum Gasteiger partial charge on any atom is -1.00 e. The molecule has 0 saturated heterocycles. The van der Waals surface area contributed by atoms with Gasteiger partial charge in [-0.25, -0.2) is 0 Å². The zero-order chi connectivity index (χ0) is 12.3. The van der Waals surface area contributed by atoms with Gasteiger partial charge in [0.1, 0.15) is 12.0 Å². The lowest BCUT2D eigenvalue weighted by Crippen LogP contribution is -3.07. The summed E-state index contributed by atoms with van der Waals surface area (Å²) in [7, 11) is 3.92. The first-order valence-corrected chi connectivity index (χ1v) is 6.13. The molecule has 0 radical (unpaired) electrons. The highest BCUT2D eigenvalue weighted by atomic mass is 35.5. The smallest absolute Gasteiger partial charge is 0.222 e. The summed E-state index contributed by atoms with van der Waals surface area (Å²) in [6, 6.07) is 0. The minimum absolute atomic E-state index is 0. The second kappa shape index (κ2) is 6.88. The molecule has 2 N–H and O–H groups in total. The predicted molar refractivity (Wildman–Crippen MR) is 63.5 cm³/mol. The van der Waals surface area contributed by atoms with Crippen LogP contribution in [0.15, 0.2) is 12.0 Å². The Kier molecular flexibility index (Phi) is 6.59. The van der Waals surface area contributed by atoms with Crippen molar-refractivity contribution in [2.45, 2.75) is 19.3 Å². The van der Waals surface area contributed by atoms with Crippen LogP contribution in [0.5, 0.6) is 0 Å². The molecular formula is C10H18ClN3O2S. The Labute approximate surface area is 112 Å². The molecule has 1 amide bonds. The normalized spacial score (nSPS) is 22.8. The third kappa shape index (κ3) is 4.57. The lowest BCUT2D eigenvalue weighted by atomic mass is 10.5. The van der Waals surface area contributed by atoms with Gasteiger partial charge in [0.15, 0.2) is 5.82 Å². The van der Waals surface area contributed by atoms with Crippen LogP contribution in [0.1, 0.15) is 13.8 Å². The molecule has 1 rings (SSSR count). The zero-order valence-electron chi connectivity index (χ0n) is 10.4. The molecule has 7 heteroatoms. The van der Waals surface area contributed by atoms with E-state index in [0.29, 0.717) is 5.75 Å². The highest BCUT2D eigenvalue weighted by Gasteiger charge is 2.32. The third-order valence-corrected chi connectivity index (χ3v) is 3.81. The standard InChI is InChI=1S/C10H17N3O2S.ClH/c1-7(14)6-16-10-12(3)5-9(13(10)4)11-8(2)15;/h5,10H,6H2,1-4H3,(H,11,15);1H. The summed E-state index contributed by atoms with van der Waals surface area (Å²) in [4.78, 5) is 25.0. The number of hydrogen-bond donors (Lipinski definition) is 2. The van der Waals surface area contributed by atoms with Gasteiger partial charge in [-0.05, 0) is 6.92 Å². The van der Waals surface area contributed by atoms with Crippen molar-refractivity contribution in [3.05, 3.63) is 12.0 Å². The summed E-state index contributed by atoms with van der Waals surface area (Å²) in [5, 5.41) is 2.77. The fraction of sp³-hybridized carbons (Fsp3) is 0.600. The number of nitrogens with one attached hydrogen (secondary N) is 2. The van der Waals surface area contributed by atoms with E-state index in [-0.39, 0.29) is 29.6 Å². The van der Waals surface area contributed by atoms with Gasteiger partial charge in [0.25, 0.3) is 0 Å². The molecule has 0 bridgehead atoms. The highest BCUT2D eigenvalue weighted by molar-refractivity contribution is 8.00. The van der Waals surface area contributed by atoms with Crippen molar-refractivity contribution < 1.29 is 26.9 Å². The number of carbonyl (C=O) groups excluding carboxylic acids is 2. The summed E-state index contributed by atoms with van der Waals surface area (Å²) >= 11 is 1.58. The Morgan fingerprint density at radius 3 is 2.59 bits per heavy atom. The molecule has 2 unspecified atom stereocenters. The average molecular weight is 280 g/mol. The number of amides is 1. The van der Waals surface area contributed by atoms with Gasteiger partial charge < -0.3 is 17.7 Å². The Morgan fingerprint density at radius 2 is 2.12 bits per heavy atom. The van der Waals surface area contributed by atoms with Crippen LogP contribution < -0.4 is 22.6 Å². The van der Waals surface area contributed by atoms with E-state index in [1.807, 2.05) is 25.2 Å². The number of carbonyl (C=O) groups is 2. The van der Waals surface area contributed by atoms with Crippen LogP contribution in [0.4, 0.5) is 0 Å². The molecule has 98 valence electrons. The first-order chi connectivity index (χ1) is 7.41. The number of rotatable bonds is 4. The second-order valence-corrected chi connectivity index (χ2v) is 5.00. The van der Waals surface area contributed by atoms with E-state index >= 15 is 0 Å². The van der Waals surface area contributed by atoms with Gasteiger partial charge in [0, 0.05) is 14.0 Å². The van der Waals surface area contributed by atoms with Gasteiger partial charge in [0.05, 0.1) is 12.8 Å². The van der Waals surface area contributed by atoms with E-state index in [9.17, 15) is 9.59 Å². The van der Waals surface area contributed by atoms with Crippen molar-refractivity contribution in [2.75, 3.05) is 19.8 Å². The molecule has 17 heavy (non-hydrogen) atoms. The Bertz CT molecular complexity index is 336. The molecule has 1 aliphatic rings. The van der Waals surface area contributed by atoms with E-state index < -0.39 is 0 Å². The molecule has 0 fully saturated rings. The van der Waals surface area contributed by atoms with E-state index in [1.165, 1.54) is 6.92 Å². The van der Waals surface area contributed by atoms with Crippen LogP contribution in [0, 0.1) is 0 Å². The number of Topliss-reactive ketones (excluding diaryl/α,β-unsaturated/α-hetero) is 1. The van der Waals surface area contributed by atoms with Gasteiger partial charge in [-0.1, -0.05) is 11.8 Å². The fourth-order valence-corrected chi connectivity index (χ4v) is 2.63. The van der Waals surface area contributed by atoms with Crippen LogP contribution in [-0.4, -0.2) is 41.9 Å². The van der Waals surface area contributed by atoms with Crippen molar-refractivity contribution in [3.63, 3.8) is 0 Å². The monoisotopic (exact) mass is 279 g/mol. The van der Waals surface area contributed by atoms with E-state index in [2.05, 4.69) is 5.32 Å². The Hall–Kier alpha value is -0.720. The van der Waals surface area contributed by atoms with E-state index in [1.54, 1.807) is 18.7 Å². The summed E-state index contributed by atoms with van der Waals surface area (Å²) in [6.07, 6.45) is 1.94. The Morgan fingerprint density at radius 1 is 1.53 bits per heavy atom. The molecule has 0 aromatic heterocycles. The maximum Gasteiger partial charge on any atom is 0.222 e. The number of thioether (sulfide) groups is 1. The number of ketones is 1. The maximum atomic E-state index is 11.0. The maximum absolute atomic E-state index is 11.0. The minimum atomic E-state index is -0.0804. The van der Waals surface area contributed by atoms with Crippen LogP contribution in [0.3, 0.4) is 0 Å². The van der Waals surface area contributed by atoms with Gasteiger partial charge >= 0.3 is 0 Å². The van der Waals surface area contributed by atoms with Crippen molar-refractivity contribution >= 4 is 23.5 Å². The highest BCUT2D eigenvalue weighted by Crippen LogP contribution is 2.15. The largest absolute Gasteiger partial charge is 1.00 e. The lowest BCUT2D eigenvalue weighted by Gasteiger charge is -2.23.